The van der Waals surface area contributed by atoms with Gasteiger partial charge in [0.15, 0.2) is 0 Å². The molecule has 3 aliphatic rings. The van der Waals surface area contributed by atoms with Gasteiger partial charge in [0, 0.05) is 37.9 Å². The first-order chi connectivity index (χ1) is 13.6. The number of aryl methyl sites for hydroxylation is 1. The SMILES string of the molecule is CC(C)n1cc(C(=O)N2C[C@H]3CC[C@@H]2CN(CCCc2ccccc2)C3)cn1. The summed E-state index contributed by atoms with van der Waals surface area (Å²) in [4.78, 5) is 17.9. The number of carbonyl (C=O) groups excluding carboxylic acids is 1. The zero-order valence-electron chi connectivity index (χ0n) is 17.1. The Morgan fingerprint density at radius 1 is 1.14 bits per heavy atom. The minimum absolute atomic E-state index is 0.160. The summed E-state index contributed by atoms with van der Waals surface area (Å²) < 4.78 is 1.87. The summed E-state index contributed by atoms with van der Waals surface area (Å²) in [6.45, 7) is 8.32. The first-order valence-electron chi connectivity index (χ1n) is 10.7. The van der Waals surface area contributed by atoms with E-state index in [1.165, 1.54) is 18.4 Å². The lowest BCUT2D eigenvalue weighted by atomic mass is 9.94. The van der Waals surface area contributed by atoms with Gasteiger partial charge < -0.3 is 9.80 Å². The Balaban J connectivity index is 1.36. The molecule has 2 bridgehead atoms. The lowest BCUT2D eigenvalue weighted by Crippen LogP contribution is -2.47. The first-order valence-corrected chi connectivity index (χ1v) is 10.7. The van der Waals surface area contributed by atoms with Crippen LogP contribution in [0.3, 0.4) is 0 Å². The van der Waals surface area contributed by atoms with Crippen molar-refractivity contribution in [2.24, 2.45) is 5.92 Å². The van der Waals surface area contributed by atoms with Gasteiger partial charge in [0.2, 0.25) is 0 Å². The molecule has 0 spiro atoms. The van der Waals surface area contributed by atoms with E-state index in [1.54, 1.807) is 6.20 Å². The van der Waals surface area contributed by atoms with Crippen LogP contribution in [-0.2, 0) is 6.42 Å². The molecule has 0 aliphatic carbocycles. The van der Waals surface area contributed by atoms with Gasteiger partial charge in [0.05, 0.1) is 11.8 Å². The molecule has 3 aliphatic heterocycles. The number of amides is 1. The van der Waals surface area contributed by atoms with Crippen LogP contribution >= 0.6 is 0 Å². The molecular formula is C23H32N4O. The summed E-state index contributed by atoms with van der Waals surface area (Å²) in [5.74, 6) is 0.757. The molecule has 0 saturated carbocycles. The quantitative estimate of drug-likeness (QED) is 0.768. The second kappa shape index (κ2) is 8.48. The Hall–Kier alpha value is -2.14. The highest BCUT2D eigenvalue weighted by atomic mass is 16.2. The molecule has 2 atom stereocenters. The fourth-order valence-corrected chi connectivity index (χ4v) is 4.66. The fourth-order valence-electron chi connectivity index (χ4n) is 4.66. The molecule has 5 rings (SSSR count). The summed E-state index contributed by atoms with van der Waals surface area (Å²) in [7, 11) is 0. The zero-order chi connectivity index (χ0) is 19.5. The number of rotatable bonds is 6. The zero-order valence-corrected chi connectivity index (χ0v) is 17.1. The maximum absolute atomic E-state index is 13.1. The van der Waals surface area contributed by atoms with E-state index in [0.29, 0.717) is 12.0 Å². The molecule has 2 aromatic rings. The van der Waals surface area contributed by atoms with Crippen molar-refractivity contribution in [2.75, 3.05) is 26.2 Å². The third-order valence-electron chi connectivity index (χ3n) is 6.21. The topological polar surface area (TPSA) is 41.4 Å². The van der Waals surface area contributed by atoms with Gasteiger partial charge in [-0.05, 0) is 57.6 Å². The highest BCUT2D eigenvalue weighted by molar-refractivity contribution is 5.94. The Morgan fingerprint density at radius 3 is 2.71 bits per heavy atom. The summed E-state index contributed by atoms with van der Waals surface area (Å²) in [5.41, 5.74) is 2.15. The van der Waals surface area contributed by atoms with Crippen molar-refractivity contribution in [1.82, 2.24) is 19.6 Å². The van der Waals surface area contributed by atoms with Crippen molar-refractivity contribution in [2.45, 2.75) is 51.6 Å². The average Bonchev–Trinajstić information content (AvgIpc) is 3.04. The minimum atomic E-state index is 0.160. The van der Waals surface area contributed by atoms with E-state index in [0.717, 1.165) is 44.6 Å². The van der Waals surface area contributed by atoms with Crippen molar-refractivity contribution in [1.29, 1.82) is 0 Å². The summed E-state index contributed by atoms with van der Waals surface area (Å²) in [6.07, 6.45) is 8.32. The number of hydrogen-bond donors (Lipinski definition) is 0. The van der Waals surface area contributed by atoms with E-state index in [1.807, 2.05) is 10.9 Å². The van der Waals surface area contributed by atoms with Crippen molar-refractivity contribution in [3.8, 4) is 0 Å². The lowest BCUT2D eigenvalue weighted by molar-refractivity contribution is 0.0585. The highest BCUT2D eigenvalue weighted by Gasteiger charge is 2.37. The summed E-state index contributed by atoms with van der Waals surface area (Å²) >= 11 is 0. The van der Waals surface area contributed by atoms with Gasteiger partial charge in [-0.1, -0.05) is 30.3 Å². The maximum atomic E-state index is 13.1. The van der Waals surface area contributed by atoms with Gasteiger partial charge in [-0.2, -0.15) is 5.10 Å². The van der Waals surface area contributed by atoms with Crippen LogP contribution in [0.15, 0.2) is 42.7 Å². The molecule has 28 heavy (non-hydrogen) atoms. The molecule has 3 saturated heterocycles. The Kier molecular flexibility index (Phi) is 5.81. The number of benzene rings is 1. The molecule has 1 aromatic carbocycles. The fraction of sp³-hybridized carbons (Fsp3) is 0.565. The van der Waals surface area contributed by atoms with E-state index >= 15 is 0 Å². The molecule has 0 radical (unpaired) electrons. The molecule has 1 aromatic heterocycles. The predicted octanol–water partition coefficient (Wildman–Crippen LogP) is 3.63. The number of piperidine rings is 1. The van der Waals surface area contributed by atoms with E-state index in [-0.39, 0.29) is 11.9 Å². The van der Waals surface area contributed by atoms with Crippen LogP contribution in [0.5, 0.6) is 0 Å². The number of hydrogen-bond acceptors (Lipinski definition) is 3. The molecule has 1 amide bonds. The van der Waals surface area contributed by atoms with E-state index in [4.69, 9.17) is 0 Å². The molecule has 0 N–H and O–H groups in total. The van der Waals surface area contributed by atoms with Crippen molar-refractivity contribution >= 4 is 5.91 Å². The number of aromatic nitrogens is 2. The molecule has 150 valence electrons. The van der Waals surface area contributed by atoms with E-state index in [2.05, 4.69) is 59.1 Å². The van der Waals surface area contributed by atoms with E-state index in [9.17, 15) is 4.79 Å². The smallest absolute Gasteiger partial charge is 0.257 e. The second-order valence-electron chi connectivity index (χ2n) is 8.71. The Labute approximate surface area is 168 Å². The van der Waals surface area contributed by atoms with Crippen LogP contribution in [-0.4, -0.2) is 57.7 Å². The van der Waals surface area contributed by atoms with Gasteiger partial charge in [-0.3, -0.25) is 9.48 Å². The third-order valence-corrected chi connectivity index (χ3v) is 6.21. The van der Waals surface area contributed by atoms with Gasteiger partial charge in [0.25, 0.3) is 5.91 Å². The van der Waals surface area contributed by atoms with Crippen LogP contribution in [0.4, 0.5) is 0 Å². The number of carbonyl (C=O) groups is 1. The normalized spacial score (nSPS) is 22.6. The Morgan fingerprint density at radius 2 is 1.96 bits per heavy atom. The van der Waals surface area contributed by atoms with Crippen molar-refractivity contribution in [3.63, 3.8) is 0 Å². The van der Waals surface area contributed by atoms with Crippen molar-refractivity contribution in [3.05, 3.63) is 53.9 Å². The van der Waals surface area contributed by atoms with Gasteiger partial charge in [0.1, 0.15) is 0 Å². The van der Waals surface area contributed by atoms with E-state index < -0.39 is 0 Å². The third kappa shape index (κ3) is 4.30. The standard InChI is InChI=1S/C23H32N4O/c1-18(2)27-16-21(13-24-27)23(28)26-15-20-10-11-22(26)17-25(14-20)12-6-9-19-7-4-3-5-8-19/h3-5,7-8,13,16,18,20,22H,6,9-12,14-15,17H2,1-2H3/t20-,22+/m0/s1. The number of fused-ring (bicyclic) bond motifs is 4. The monoisotopic (exact) mass is 380 g/mol. The average molecular weight is 381 g/mol. The first kappa shape index (κ1) is 19.2. The van der Waals surface area contributed by atoms with Crippen LogP contribution in [0, 0.1) is 5.92 Å². The van der Waals surface area contributed by atoms with Gasteiger partial charge >= 0.3 is 0 Å². The number of nitrogens with zero attached hydrogens (tertiary/aromatic N) is 4. The Bertz CT molecular complexity index is 785. The van der Waals surface area contributed by atoms with Crippen LogP contribution < -0.4 is 0 Å². The minimum Gasteiger partial charge on any atom is -0.334 e. The molecule has 0 unspecified atom stereocenters. The molecule has 3 fully saturated rings. The molecule has 4 heterocycles. The van der Waals surface area contributed by atoms with Crippen LogP contribution in [0.25, 0.3) is 0 Å². The highest BCUT2D eigenvalue weighted by Crippen LogP contribution is 2.29. The van der Waals surface area contributed by atoms with Gasteiger partial charge in [-0.15, -0.1) is 0 Å². The second-order valence-corrected chi connectivity index (χ2v) is 8.71. The molecular weight excluding hydrogens is 348 g/mol. The summed E-state index contributed by atoms with van der Waals surface area (Å²) in [6, 6.07) is 11.4. The van der Waals surface area contributed by atoms with Crippen molar-refractivity contribution < 1.29 is 4.79 Å². The largest absolute Gasteiger partial charge is 0.334 e. The molecule has 5 nitrogen and oxygen atoms in total. The summed E-state index contributed by atoms with van der Waals surface area (Å²) in [5, 5.41) is 4.36. The maximum Gasteiger partial charge on any atom is 0.257 e. The van der Waals surface area contributed by atoms with Crippen LogP contribution in [0.2, 0.25) is 0 Å². The lowest BCUT2D eigenvalue weighted by Gasteiger charge is -2.36. The molecule has 5 heteroatoms. The van der Waals surface area contributed by atoms with Crippen LogP contribution in [0.1, 0.15) is 55.1 Å². The predicted molar refractivity (Wildman–Crippen MR) is 111 cm³/mol. The van der Waals surface area contributed by atoms with Gasteiger partial charge in [-0.25, -0.2) is 0 Å².